The van der Waals surface area contributed by atoms with Gasteiger partial charge >= 0.3 is 0 Å². The summed E-state index contributed by atoms with van der Waals surface area (Å²) in [5.41, 5.74) is 2.06. The van der Waals surface area contributed by atoms with Crippen LogP contribution in [0.1, 0.15) is 24.8 Å². The quantitative estimate of drug-likeness (QED) is 0.776. The minimum atomic E-state index is -3.60. The number of benzene rings is 2. The van der Waals surface area contributed by atoms with Crippen molar-refractivity contribution in [1.82, 2.24) is 0 Å². The van der Waals surface area contributed by atoms with Crippen LogP contribution >= 0.6 is 23.2 Å². The summed E-state index contributed by atoms with van der Waals surface area (Å²) < 4.78 is 27.4. The van der Waals surface area contributed by atoms with Gasteiger partial charge in [-0.3, -0.25) is 4.72 Å². The average molecular weight is 399 g/mol. The molecule has 0 spiro atoms. The van der Waals surface area contributed by atoms with Gasteiger partial charge in [-0.05, 0) is 55.7 Å². The highest BCUT2D eigenvalue weighted by atomic mass is 35.5. The predicted molar refractivity (Wildman–Crippen MR) is 105 cm³/mol. The lowest BCUT2D eigenvalue weighted by Crippen LogP contribution is -2.29. The summed E-state index contributed by atoms with van der Waals surface area (Å²) in [6.07, 6.45) is 3.68. The Labute approximate surface area is 158 Å². The summed E-state index contributed by atoms with van der Waals surface area (Å²) in [5, 5.41) is 0.691. The lowest BCUT2D eigenvalue weighted by Gasteiger charge is -2.28. The molecule has 2 aromatic rings. The Hall–Kier alpha value is -1.43. The van der Waals surface area contributed by atoms with Crippen molar-refractivity contribution < 1.29 is 8.42 Å². The molecule has 25 heavy (non-hydrogen) atoms. The highest BCUT2D eigenvalue weighted by molar-refractivity contribution is 7.91. The molecule has 0 amide bonds. The number of anilines is 2. The number of hydrogen-bond acceptors (Lipinski definition) is 3. The maximum absolute atomic E-state index is 12.4. The Balaban J connectivity index is 1.70. The molecular weight excluding hydrogens is 379 g/mol. The van der Waals surface area contributed by atoms with Gasteiger partial charge in [-0.15, -0.1) is 0 Å². The molecule has 134 valence electrons. The molecule has 0 aliphatic carbocycles. The van der Waals surface area contributed by atoms with Crippen molar-refractivity contribution in [3.8, 4) is 0 Å². The minimum Gasteiger partial charge on any atom is -0.372 e. The van der Waals surface area contributed by atoms with Gasteiger partial charge in [-0.1, -0.05) is 29.3 Å². The van der Waals surface area contributed by atoms with Gasteiger partial charge in [0.15, 0.2) is 0 Å². The van der Waals surface area contributed by atoms with Crippen LogP contribution in [0, 0.1) is 0 Å². The first-order valence-corrected chi connectivity index (χ1v) is 10.6. The number of piperidine rings is 1. The van der Waals surface area contributed by atoms with Crippen molar-refractivity contribution >= 4 is 44.6 Å². The smallest absolute Gasteiger partial charge is 0.237 e. The molecule has 1 N–H and O–H groups in total. The first kappa shape index (κ1) is 18.4. The molecule has 7 heteroatoms. The van der Waals surface area contributed by atoms with E-state index < -0.39 is 10.0 Å². The van der Waals surface area contributed by atoms with Gasteiger partial charge in [0.25, 0.3) is 0 Å². The monoisotopic (exact) mass is 398 g/mol. The fourth-order valence-electron chi connectivity index (χ4n) is 2.97. The van der Waals surface area contributed by atoms with E-state index in [-0.39, 0.29) is 5.75 Å². The van der Waals surface area contributed by atoms with Crippen LogP contribution in [0.4, 0.5) is 11.4 Å². The van der Waals surface area contributed by atoms with E-state index in [9.17, 15) is 8.42 Å². The van der Waals surface area contributed by atoms with Gasteiger partial charge in [0.1, 0.15) is 0 Å². The molecule has 2 aromatic carbocycles. The molecule has 0 aromatic heterocycles. The zero-order valence-corrected chi connectivity index (χ0v) is 16.0. The van der Waals surface area contributed by atoms with Gasteiger partial charge in [0, 0.05) is 40.1 Å². The number of hydrogen-bond donors (Lipinski definition) is 1. The molecule has 4 nitrogen and oxygen atoms in total. The molecule has 0 radical (unpaired) electrons. The summed E-state index contributed by atoms with van der Waals surface area (Å²) in [7, 11) is -3.60. The maximum Gasteiger partial charge on any atom is 0.237 e. The van der Waals surface area contributed by atoms with E-state index in [1.54, 1.807) is 30.3 Å². The summed E-state index contributed by atoms with van der Waals surface area (Å²) in [5.74, 6) is -0.265. The van der Waals surface area contributed by atoms with E-state index >= 15 is 0 Å². The van der Waals surface area contributed by atoms with Crippen LogP contribution < -0.4 is 9.62 Å². The van der Waals surface area contributed by atoms with Crippen molar-refractivity contribution in [2.24, 2.45) is 0 Å². The average Bonchev–Trinajstić information content (AvgIpc) is 2.59. The molecule has 1 aliphatic heterocycles. The summed E-state index contributed by atoms with van der Waals surface area (Å²) >= 11 is 12.1. The van der Waals surface area contributed by atoms with E-state index in [0.29, 0.717) is 21.3 Å². The molecule has 0 saturated carbocycles. The van der Waals surface area contributed by atoms with E-state index in [2.05, 4.69) is 9.62 Å². The largest absolute Gasteiger partial charge is 0.372 e. The van der Waals surface area contributed by atoms with Crippen LogP contribution in [-0.4, -0.2) is 21.5 Å². The van der Waals surface area contributed by atoms with E-state index in [1.165, 1.54) is 19.3 Å². The fourth-order valence-corrected chi connectivity index (χ4v) is 4.92. The van der Waals surface area contributed by atoms with Gasteiger partial charge in [-0.25, -0.2) is 8.42 Å². The number of rotatable bonds is 5. The molecule has 0 atom stereocenters. The molecule has 1 heterocycles. The molecule has 1 aliphatic rings. The molecule has 0 bridgehead atoms. The third kappa shape index (κ3) is 4.81. The first-order valence-electron chi connectivity index (χ1n) is 8.23. The molecule has 0 unspecified atom stereocenters. The fraction of sp³-hybridized carbons (Fsp3) is 0.333. The van der Waals surface area contributed by atoms with Crippen molar-refractivity contribution in [3.63, 3.8) is 0 Å². The van der Waals surface area contributed by atoms with Crippen molar-refractivity contribution in [2.45, 2.75) is 25.0 Å². The summed E-state index contributed by atoms with van der Waals surface area (Å²) in [4.78, 5) is 2.32. The van der Waals surface area contributed by atoms with E-state index in [1.807, 2.05) is 12.1 Å². The zero-order chi connectivity index (χ0) is 17.9. The summed E-state index contributed by atoms with van der Waals surface area (Å²) in [6.45, 7) is 2.10. The number of sulfonamides is 1. The first-order chi connectivity index (χ1) is 11.9. The predicted octanol–water partition coefficient (Wildman–Crippen LogP) is 4.93. The highest BCUT2D eigenvalue weighted by Crippen LogP contribution is 2.27. The number of halogens is 2. The van der Waals surface area contributed by atoms with E-state index in [4.69, 9.17) is 23.2 Å². The summed E-state index contributed by atoms with van der Waals surface area (Å²) in [6, 6.07) is 12.4. The maximum atomic E-state index is 12.4. The van der Waals surface area contributed by atoms with Crippen LogP contribution in [0.15, 0.2) is 42.5 Å². The Morgan fingerprint density at radius 2 is 1.52 bits per heavy atom. The van der Waals surface area contributed by atoms with Crippen LogP contribution in [0.3, 0.4) is 0 Å². The second kappa shape index (κ2) is 7.85. The van der Waals surface area contributed by atoms with Gasteiger partial charge < -0.3 is 4.90 Å². The van der Waals surface area contributed by atoms with Crippen LogP contribution in [0.2, 0.25) is 10.0 Å². The van der Waals surface area contributed by atoms with Crippen molar-refractivity contribution in [2.75, 3.05) is 22.7 Å². The number of nitrogens with one attached hydrogen (secondary N) is 1. The molecular formula is C18H20Cl2N2O2S. The van der Waals surface area contributed by atoms with Crippen LogP contribution in [0.5, 0.6) is 0 Å². The topological polar surface area (TPSA) is 49.4 Å². The Morgan fingerprint density at radius 1 is 0.920 bits per heavy atom. The normalized spacial score (nSPS) is 15.2. The SMILES string of the molecule is O=S(=O)(Cc1c(Cl)cccc1Cl)Nc1ccc(N2CCCCC2)cc1. The van der Waals surface area contributed by atoms with Gasteiger partial charge in [-0.2, -0.15) is 0 Å². The third-order valence-electron chi connectivity index (χ3n) is 4.26. The highest BCUT2D eigenvalue weighted by Gasteiger charge is 2.17. The molecule has 1 saturated heterocycles. The molecule has 1 fully saturated rings. The van der Waals surface area contributed by atoms with Crippen molar-refractivity contribution in [1.29, 1.82) is 0 Å². The van der Waals surface area contributed by atoms with Crippen LogP contribution in [0.25, 0.3) is 0 Å². The minimum absolute atomic E-state index is 0.265. The Kier molecular flexibility index (Phi) is 5.77. The standard InChI is InChI=1S/C18H20Cl2N2O2S/c19-17-5-4-6-18(20)16(17)13-25(23,24)21-14-7-9-15(10-8-14)22-11-2-1-3-12-22/h4-10,21H,1-3,11-13H2. The zero-order valence-electron chi connectivity index (χ0n) is 13.7. The molecule has 3 rings (SSSR count). The van der Waals surface area contributed by atoms with E-state index in [0.717, 1.165) is 18.8 Å². The third-order valence-corrected chi connectivity index (χ3v) is 6.18. The van der Waals surface area contributed by atoms with Crippen molar-refractivity contribution in [3.05, 3.63) is 58.1 Å². The lowest BCUT2D eigenvalue weighted by atomic mass is 10.1. The number of nitrogens with zero attached hydrogens (tertiary/aromatic N) is 1. The second-order valence-electron chi connectivity index (χ2n) is 6.16. The Morgan fingerprint density at radius 3 is 2.12 bits per heavy atom. The lowest BCUT2D eigenvalue weighted by molar-refractivity contribution is 0.578. The Bertz CT molecular complexity index is 812. The van der Waals surface area contributed by atoms with Gasteiger partial charge in [0.2, 0.25) is 10.0 Å². The second-order valence-corrected chi connectivity index (χ2v) is 8.69. The van der Waals surface area contributed by atoms with Gasteiger partial charge in [0.05, 0.1) is 5.75 Å². The van der Waals surface area contributed by atoms with Crippen LogP contribution in [-0.2, 0) is 15.8 Å².